The standard InChI is InChI=1S/C11H14FN3OS/c12-9-7-8(11(13)14-16)1-2-10(9)15-3-5-17-6-4-15/h1-2,7,16H,3-6H2,(H2,13,14). The number of hydrogen-bond acceptors (Lipinski definition) is 4. The van der Waals surface area contributed by atoms with Crippen LogP contribution in [-0.2, 0) is 0 Å². The molecule has 0 saturated carbocycles. The lowest BCUT2D eigenvalue weighted by molar-refractivity contribution is 0.318. The molecule has 0 radical (unpaired) electrons. The molecule has 1 saturated heterocycles. The molecule has 3 N–H and O–H groups in total. The fraction of sp³-hybridized carbons (Fsp3) is 0.364. The van der Waals surface area contributed by atoms with Gasteiger partial charge >= 0.3 is 0 Å². The molecule has 1 fully saturated rings. The number of nitrogens with zero attached hydrogens (tertiary/aromatic N) is 2. The quantitative estimate of drug-likeness (QED) is 0.363. The summed E-state index contributed by atoms with van der Waals surface area (Å²) < 4.78 is 13.9. The molecule has 0 spiro atoms. The first-order valence-corrected chi connectivity index (χ1v) is 6.48. The van der Waals surface area contributed by atoms with Gasteiger partial charge in [-0.15, -0.1) is 0 Å². The van der Waals surface area contributed by atoms with Crippen molar-refractivity contribution >= 4 is 23.3 Å². The van der Waals surface area contributed by atoms with E-state index in [2.05, 4.69) is 5.16 Å². The third kappa shape index (κ3) is 2.63. The molecule has 0 bridgehead atoms. The smallest absolute Gasteiger partial charge is 0.170 e. The van der Waals surface area contributed by atoms with Gasteiger partial charge < -0.3 is 15.8 Å². The lowest BCUT2D eigenvalue weighted by Gasteiger charge is -2.28. The molecule has 0 aliphatic carbocycles. The first kappa shape index (κ1) is 12.0. The second-order valence-corrected chi connectivity index (χ2v) is 4.98. The van der Waals surface area contributed by atoms with E-state index in [0.717, 1.165) is 24.6 Å². The van der Waals surface area contributed by atoms with Crippen molar-refractivity contribution in [1.82, 2.24) is 0 Å². The zero-order valence-corrected chi connectivity index (χ0v) is 10.1. The molecule has 0 atom stereocenters. The van der Waals surface area contributed by atoms with E-state index in [-0.39, 0.29) is 11.7 Å². The van der Waals surface area contributed by atoms with E-state index in [0.29, 0.717) is 11.3 Å². The van der Waals surface area contributed by atoms with Gasteiger partial charge in [-0.25, -0.2) is 4.39 Å². The Labute approximate surface area is 103 Å². The maximum atomic E-state index is 13.9. The van der Waals surface area contributed by atoms with Gasteiger partial charge in [-0.3, -0.25) is 0 Å². The van der Waals surface area contributed by atoms with Crippen LogP contribution in [0.3, 0.4) is 0 Å². The Balaban J connectivity index is 2.24. The van der Waals surface area contributed by atoms with Crippen LogP contribution in [0.5, 0.6) is 0 Å². The summed E-state index contributed by atoms with van der Waals surface area (Å²) in [6.45, 7) is 1.70. The van der Waals surface area contributed by atoms with Crippen LogP contribution in [0.1, 0.15) is 5.56 Å². The van der Waals surface area contributed by atoms with Crippen LogP contribution in [0.4, 0.5) is 10.1 Å². The van der Waals surface area contributed by atoms with Crippen LogP contribution < -0.4 is 10.6 Å². The minimum atomic E-state index is -0.332. The van der Waals surface area contributed by atoms with E-state index in [9.17, 15) is 4.39 Å². The molecule has 1 aromatic rings. The number of oxime groups is 1. The highest BCUT2D eigenvalue weighted by molar-refractivity contribution is 7.99. The molecular weight excluding hydrogens is 241 g/mol. The third-order valence-electron chi connectivity index (χ3n) is 2.70. The SMILES string of the molecule is N/C(=N\O)c1ccc(N2CCSCC2)c(F)c1. The van der Waals surface area contributed by atoms with Crippen LogP contribution in [0, 0.1) is 5.82 Å². The number of rotatable bonds is 2. The number of anilines is 1. The fourth-order valence-corrected chi connectivity index (χ4v) is 2.69. The lowest BCUT2D eigenvalue weighted by Crippen LogP contribution is -2.33. The molecular formula is C11H14FN3OS. The Kier molecular flexibility index (Phi) is 3.73. The van der Waals surface area contributed by atoms with Crippen molar-refractivity contribution in [3.8, 4) is 0 Å². The van der Waals surface area contributed by atoms with Crippen LogP contribution >= 0.6 is 11.8 Å². The summed E-state index contributed by atoms with van der Waals surface area (Å²) >= 11 is 1.87. The van der Waals surface area contributed by atoms with Crippen LogP contribution in [0.2, 0.25) is 0 Å². The van der Waals surface area contributed by atoms with Crippen LogP contribution in [0.25, 0.3) is 0 Å². The van der Waals surface area contributed by atoms with E-state index in [1.165, 1.54) is 6.07 Å². The molecule has 4 nitrogen and oxygen atoms in total. The maximum absolute atomic E-state index is 13.9. The summed E-state index contributed by atoms with van der Waals surface area (Å²) in [6, 6.07) is 4.64. The van der Waals surface area contributed by atoms with Gasteiger partial charge in [0.15, 0.2) is 5.84 Å². The molecule has 1 heterocycles. The van der Waals surface area contributed by atoms with Gasteiger partial charge in [0.2, 0.25) is 0 Å². The highest BCUT2D eigenvalue weighted by Gasteiger charge is 2.15. The predicted molar refractivity (Wildman–Crippen MR) is 68.4 cm³/mol. The summed E-state index contributed by atoms with van der Waals surface area (Å²) in [6.07, 6.45) is 0. The topological polar surface area (TPSA) is 61.9 Å². The van der Waals surface area contributed by atoms with E-state index < -0.39 is 0 Å². The Morgan fingerprint density at radius 3 is 2.71 bits per heavy atom. The molecule has 2 rings (SSSR count). The van der Waals surface area contributed by atoms with Gasteiger partial charge in [-0.05, 0) is 18.2 Å². The summed E-state index contributed by atoms with van der Waals surface area (Å²) in [5.74, 6) is 1.62. The normalized spacial score (nSPS) is 17.2. The van der Waals surface area contributed by atoms with E-state index in [1.54, 1.807) is 12.1 Å². The second kappa shape index (κ2) is 5.27. The molecule has 6 heteroatoms. The fourth-order valence-electron chi connectivity index (χ4n) is 1.78. The second-order valence-electron chi connectivity index (χ2n) is 3.75. The Bertz CT molecular complexity index is 433. The maximum Gasteiger partial charge on any atom is 0.170 e. The van der Waals surface area contributed by atoms with Gasteiger partial charge in [0.25, 0.3) is 0 Å². The summed E-state index contributed by atoms with van der Waals surface area (Å²) in [4.78, 5) is 2.02. The molecule has 0 amide bonds. The number of benzene rings is 1. The third-order valence-corrected chi connectivity index (χ3v) is 3.65. The predicted octanol–water partition coefficient (Wildman–Crippen LogP) is 1.47. The minimum absolute atomic E-state index is 0.0790. The number of hydrogen-bond donors (Lipinski definition) is 2. The van der Waals surface area contributed by atoms with Gasteiger partial charge in [0.1, 0.15) is 5.82 Å². The number of thioether (sulfide) groups is 1. The highest BCUT2D eigenvalue weighted by Crippen LogP contribution is 2.23. The summed E-state index contributed by atoms with van der Waals surface area (Å²) in [5.41, 5.74) is 6.38. The van der Waals surface area contributed by atoms with Crippen molar-refractivity contribution in [2.75, 3.05) is 29.5 Å². The van der Waals surface area contributed by atoms with E-state index >= 15 is 0 Å². The largest absolute Gasteiger partial charge is 0.409 e. The number of amidine groups is 1. The van der Waals surface area contributed by atoms with Gasteiger partial charge in [-0.2, -0.15) is 11.8 Å². The van der Waals surface area contributed by atoms with Crippen molar-refractivity contribution in [3.63, 3.8) is 0 Å². The van der Waals surface area contributed by atoms with Crippen molar-refractivity contribution in [2.45, 2.75) is 0 Å². The Morgan fingerprint density at radius 1 is 1.41 bits per heavy atom. The monoisotopic (exact) mass is 255 g/mol. The van der Waals surface area contributed by atoms with Crippen LogP contribution in [0.15, 0.2) is 23.4 Å². The van der Waals surface area contributed by atoms with Gasteiger partial charge in [-0.1, -0.05) is 5.16 Å². The number of nitrogens with two attached hydrogens (primary N) is 1. The lowest BCUT2D eigenvalue weighted by atomic mass is 10.1. The number of halogens is 1. The zero-order chi connectivity index (χ0) is 12.3. The Morgan fingerprint density at radius 2 is 2.12 bits per heavy atom. The molecule has 0 unspecified atom stereocenters. The zero-order valence-electron chi connectivity index (χ0n) is 9.27. The van der Waals surface area contributed by atoms with Crippen molar-refractivity contribution in [3.05, 3.63) is 29.6 Å². The van der Waals surface area contributed by atoms with Gasteiger partial charge in [0.05, 0.1) is 5.69 Å². The van der Waals surface area contributed by atoms with E-state index in [1.807, 2.05) is 16.7 Å². The van der Waals surface area contributed by atoms with Crippen molar-refractivity contribution in [2.24, 2.45) is 10.9 Å². The van der Waals surface area contributed by atoms with Crippen molar-refractivity contribution in [1.29, 1.82) is 0 Å². The average molecular weight is 255 g/mol. The minimum Gasteiger partial charge on any atom is -0.409 e. The summed E-state index contributed by atoms with van der Waals surface area (Å²) in [7, 11) is 0. The van der Waals surface area contributed by atoms with Crippen molar-refractivity contribution < 1.29 is 9.60 Å². The molecule has 92 valence electrons. The van der Waals surface area contributed by atoms with Gasteiger partial charge in [0, 0.05) is 30.2 Å². The molecule has 17 heavy (non-hydrogen) atoms. The highest BCUT2D eigenvalue weighted by atomic mass is 32.2. The molecule has 1 aliphatic heterocycles. The molecule has 0 aromatic heterocycles. The van der Waals surface area contributed by atoms with Crippen LogP contribution in [-0.4, -0.2) is 35.6 Å². The first-order valence-electron chi connectivity index (χ1n) is 5.32. The average Bonchev–Trinajstić information content (AvgIpc) is 2.38. The van der Waals surface area contributed by atoms with E-state index in [4.69, 9.17) is 10.9 Å². The molecule has 1 aliphatic rings. The first-order chi connectivity index (χ1) is 8.22. The summed E-state index contributed by atoms with van der Waals surface area (Å²) in [5, 5.41) is 11.4. The Hall–Kier alpha value is -1.43. The molecule has 1 aromatic carbocycles.